The zero-order chi connectivity index (χ0) is 18.0. The number of benzene rings is 2. The molecule has 1 aromatic heterocycles. The van der Waals surface area contributed by atoms with Crippen molar-refractivity contribution < 1.29 is 9.90 Å². The number of hydrogen-bond acceptors (Lipinski definition) is 4. The van der Waals surface area contributed by atoms with Crippen molar-refractivity contribution in [3.05, 3.63) is 58.2 Å². The Morgan fingerprint density at radius 1 is 1.20 bits per heavy atom. The minimum atomic E-state index is -0.915. The van der Waals surface area contributed by atoms with Crippen molar-refractivity contribution in [1.82, 2.24) is 4.98 Å². The van der Waals surface area contributed by atoms with Crippen molar-refractivity contribution in [2.75, 3.05) is 6.26 Å². The fourth-order valence-electron chi connectivity index (χ4n) is 2.51. The first-order valence-electron chi connectivity index (χ1n) is 7.43. The summed E-state index contributed by atoms with van der Waals surface area (Å²) in [7, 11) is 0. The van der Waals surface area contributed by atoms with E-state index in [4.69, 9.17) is 0 Å². The quantitative estimate of drug-likeness (QED) is 0.516. The molecule has 0 amide bonds. The predicted octanol–water partition coefficient (Wildman–Crippen LogP) is 4.07. The standard InChI is InChI=1S/C19H14N2O2SSe/c1-11-17(19(22)23)25-18(21-11)13-5-8-16(14(9-13)10-20)12-3-6-15(24-2)7-4-12/h3-9H,1-2H3,(H,22,23). The van der Waals surface area contributed by atoms with E-state index in [1.54, 1.807) is 24.8 Å². The van der Waals surface area contributed by atoms with Gasteiger partial charge in [-0.25, -0.2) is 0 Å². The van der Waals surface area contributed by atoms with Crippen molar-refractivity contribution in [3.8, 4) is 27.3 Å². The molecule has 0 unspecified atom stereocenters. The molecule has 4 nitrogen and oxygen atoms in total. The molecule has 1 N–H and O–H groups in total. The topological polar surface area (TPSA) is 74.0 Å². The molecule has 3 aromatic rings. The first kappa shape index (κ1) is 17.5. The normalized spacial score (nSPS) is 10.4. The molecule has 2 aromatic carbocycles. The number of carbonyl (C=O) groups is 1. The van der Waals surface area contributed by atoms with Gasteiger partial charge in [0.2, 0.25) is 0 Å². The third-order valence-electron chi connectivity index (χ3n) is 3.78. The maximum atomic E-state index is 11.2. The summed E-state index contributed by atoms with van der Waals surface area (Å²) in [6.45, 7) is 1.71. The van der Waals surface area contributed by atoms with Crippen LogP contribution in [0.2, 0.25) is 0 Å². The Hall–Kier alpha value is -2.32. The number of hydrogen-bond donors (Lipinski definition) is 1. The zero-order valence-electron chi connectivity index (χ0n) is 13.6. The number of nitriles is 1. The van der Waals surface area contributed by atoms with Gasteiger partial charge in [-0.05, 0) is 0 Å². The van der Waals surface area contributed by atoms with Crippen LogP contribution in [0, 0.1) is 18.3 Å². The van der Waals surface area contributed by atoms with Crippen molar-refractivity contribution >= 4 is 32.2 Å². The van der Waals surface area contributed by atoms with Gasteiger partial charge in [-0.15, -0.1) is 0 Å². The molecule has 0 bridgehead atoms. The second-order valence-corrected chi connectivity index (χ2v) is 8.32. The van der Waals surface area contributed by atoms with Crippen LogP contribution in [0.1, 0.15) is 20.5 Å². The van der Waals surface area contributed by atoms with Gasteiger partial charge in [-0.3, -0.25) is 0 Å². The van der Waals surface area contributed by atoms with E-state index < -0.39 is 5.97 Å². The van der Waals surface area contributed by atoms with E-state index in [-0.39, 0.29) is 14.5 Å². The van der Waals surface area contributed by atoms with Crippen LogP contribution >= 0.6 is 11.8 Å². The molecule has 0 spiro atoms. The monoisotopic (exact) mass is 414 g/mol. The zero-order valence-corrected chi connectivity index (χ0v) is 16.1. The first-order chi connectivity index (χ1) is 12.0. The molecule has 0 radical (unpaired) electrons. The van der Waals surface area contributed by atoms with Crippen LogP contribution in [-0.4, -0.2) is 36.8 Å². The summed E-state index contributed by atoms with van der Waals surface area (Å²) in [5.41, 5.74) is 3.79. The third kappa shape index (κ3) is 3.54. The molecule has 6 heteroatoms. The number of aryl methyl sites for hydroxylation is 1. The second kappa shape index (κ2) is 7.28. The Balaban J connectivity index is 2.04. The van der Waals surface area contributed by atoms with Crippen LogP contribution in [0.5, 0.6) is 0 Å². The summed E-state index contributed by atoms with van der Waals surface area (Å²) in [5, 5.41) is 18.8. The van der Waals surface area contributed by atoms with Crippen LogP contribution in [-0.2, 0) is 0 Å². The Morgan fingerprint density at radius 2 is 1.88 bits per heavy atom. The van der Waals surface area contributed by atoms with E-state index in [0.29, 0.717) is 15.7 Å². The Kier molecular flexibility index (Phi) is 5.10. The van der Waals surface area contributed by atoms with Gasteiger partial charge in [0, 0.05) is 0 Å². The molecule has 0 saturated carbocycles. The molecular weight excluding hydrogens is 399 g/mol. The number of aromatic carboxylic acids is 1. The number of carboxylic acid groups (broad SMARTS) is 1. The fourth-order valence-corrected chi connectivity index (χ4v) is 4.81. The van der Waals surface area contributed by atoms with E-state index >= 15 is 0 Å². The molecule has 124 valence electrons. The van der Waals surface area contributed by atoms with Gasteiger partial charge in [-0.2, -0.15) is 0 Å². The fraction of sp³-hybridized carbons (Fsp3) is 0.105. The summed E-state index contributed by atoms with van der Waals surface area (Å²) in [4.78, 5) is 16.8. The average Bonchev–Trinajstić information content (AvgIpc) is 3.03. The van der Waals surface area contributed by atoms with E-state index in [1.807, 2.05) is 42.7 Å². The maximum absolute atomic E-state index is 11.2. The number of aromatic nitrogens is 1. The molecule has 0 fully saturated rings. The van der Waals surface area contributed by atoms with E-state index in [9.17, 15) is 15.2 Å². The van der Waals surface area contributed by atoms with Crippen molar-refractivity contribution in [2.24, 2.45) is 0 Å². The van der Waals surface area contributed by atoms with Crippen molar-refractivity contribution in [1.29, 1.82) is 5.26 Å². The number of rotatable bonds is 4. The number of carboxylic acids is 1. The van der Waals surface area contributed by atoms with Gasteiger partial charge >= 0.3 is 156 Å². The summed E-state index contributed by atoms with van der Waals surface area (Å²) >= 11 is 1.33. The number of nitrogens with zero attached hydrogens (tertiary/aromatic N) is 2. The van der Waals surface area contributed by atoms with Crippen LogP contribution in [0.15, 0.2) is 47.4 Å². The molecule has 0 aliphatic rings. The Bertz CT molecular complexity index is 988. The second-order valence-electron chi connectivity index (χ2n) is 5.34. The van der Waals surface area contributed by atoms with Crippen LogP contribution in [0.3, 0.4) is 0 Å². The Morgan fingerprint density at radius 3 is 2.44 bits per heavy atom. The molecule has 1 heterocycles. The molecule has 25 heavy (non-hydrogen) atoms. The van der Waals surface area contributed by atoms with Gasteiger partial charge in [0.1, 0.15) is 0 Å². The van der Waals surface area contributed by atoms with Gasteiger partial charge in [0.15, 0.2) is 0 Å². The van der Waals surface area contributed by atoms with Crippen molar-refractivity contribution in [2.45, 2.75) is 11.8 Å². The van der Waals surface area contributed by atoms with E-state index in [2.05, 4.69) is 11.1 Å². The minimum absolute atomic E-state index is 0.343. The van der Waals surface area contributed by atoms with E-state index in [0.717, 1.165) is 21.3 Å². The van der Waals surface area contributed by atoms with Gasteiger partial charge in [0.05, 0.1) is 0 Å². The molecule has 0 atom stereocenters. The molecule has 3 rings (SSSR count). The summed E-state index contributed by atoms with van der Waals surface area (Å²) in [6, 6.07) is 16.0. The summed E-state index contributed by atoms with van der Waals surface area (Å²) in [6.07, 6.45) is 2.02. The summed E-state index contributed by atoms with van der Waals surface area (Å²) in [5.74, 6) is -0.915. The predicted molar refractivity (Wildman–Crippen MR) is 100 cm³/mol. The average molecular weight is 413 g/mol. The third-order valence-corrected chi connectivity index (χ3v) is 7.03. The Labute approximate surface area is 155 Å². The summed E-state index contributed by atoms with van der Waals surface area (Å²) < 4.78 is 1.13. The van der Waals surface area contributed by atoms with E-state index in [1.165, 1.54) is 4.90 Å². The van der Waals surface area contributed by atoms with Crippen LogP contribution in [0.25, 0.3) is 21.3 Å². The van der Waals surface area contributed by atoms with Gasteiger partial charge in [-0.1, -0.05) is 0 Å². The van der Waals surface area contributed by atoms with Crippen LogP contribution in [0.4, 0.5) is 0 Å². The molecular formula is C19H14N2O2SSe. The molecule has 0 saturated heterocycles. The van der Waals surface area contributed by atoms with Crippen LogP contribution < -0.4 is 0 Å². The van der Waals surface area contributed by atoms with Gasteiger partial charge < -0.3 is 0 Å². The van der Waals surface area contributed by atoms with Crippen molar-refractivity contribution in [3.63, 3.8) is 0 Å². The van der Waals surface area contributed by atoms with Gasteiger partial charge in [0.25, 0.3) is 0 Å². The molecule has 0 aliphatic carbocycles. The molecule has 0 aliphatic heterocycles. The number of thioether (sulfide) groups is 1. The first-order valence-corrected chi connectivity index (χ1v) is 10.4. The SMILES string of the molecule is CSc1ccc(-c2ccc(-c3nc(C)c(C(=O)O)[se]3)cc2C#N)cc1.